The van der Waals surface area contributed by atoms with Gasteiger partial charge < -0.3 is 14.2 Å². The predicted molar refractivity (Wildman–Crippen MR) is 103 cm³/mol. The Labute approximate surface area is 170 Å². The van der Waals surface area contributed by atoms with Crippen molar-refractivity contribution in [1.29, 1.82) is 0 Å². The van der Waals surface area contributed by atoms with Crippen LogP contribution in [0.15, 0.2) is 53.1 Å². The summed E-state index contributed by atoms with van der Waals surface area (Å²) >= 11 is 0. The number of rotatable bonds is 4. The number of aromatic nitrogens is 1. The van der Waals surface area contributed by atoms with Crippen LogP contribution in [0.4, 0.5) is 23.8 Å². The standard InChI is InChI=1S/C20H19F3N4O3/c21-20(22,23)29-15-5-3-4-14(12-15)13-26-8-10-27(11-9-26)19(28)24-18-16-6-1-2-7-17(16)30-25-18/h1-7,12H,8-11,13H2,(H,24,25,28). The molecule has 1 N–H and O–H groups in total. The van der Waals surface area contributed by atoms with Gasteiger partial charge in [0.1, 0.15) is 5.75 Å². The smallest absolute Gasteiger partial charge is 0.406 e. The average molecular weight is 420 g/mol. The molecule has 0 unspecified atom stereocenters. The molecule has 2 aromatic carbocycles. The maximum atomic E-state index is 12.5. The SMILES string of the molecule is O=C(Nc1noc2ccccc12)N1CCN(Cc2cccc(OC(F)(F)F)c2)CC1. The van der Waals surface area contributed by atoms with Crippen molar-refractivity contribution in [2.75, 3.05) is 31.5 Å². The number of alkyl halides is 3. The molecule has 1 aliphatic rings. The fraction of sp³-hybridized carbons (Fsp3) is 0.300. The monoisotopic (exact) mass is 420 g/mol. The van der Waals surface area contributed by atoms with Gasteiger partial charge in [0.25, 0.3) is 0 Å². The van der Waals surface area contributed by atoms with Gasteiger partial charge in [-0.05, 0) is 29.8 Å². The van der Waals surface area contributed by atoms with Crippen molar-refractivity contribution < 1.29 is 27.2 Å². The summed E-state index contributed by atoms with van der Waals surface area (Å²) in [6.07, 6.45) is -4.72. The summed E-state index contributed by atoms with van der Waals surface area (Å²) in [6.45, 7) is 2.63. The molecule has 1 saturated heterocycles. The molecule has 0 spiro atoms. The molecule has 0 atom stereocenters. The predicted octanol–water partition coefficient (Wildman–Crippen LogP) is 4.08. The number of benzene rings is 2. The number of carbonyl (C=O) groups is 1. The Kier molecular flexibility index (Phi) is 5.49. The Bertz CT molecular complexity index is 1030. The quantitative estimate of drug-likeness (QED) is 0.689. The van der Waals surface area contributed by atoms with Gasteiger partial charge in [0.05, 0.1) is 5.39 Å². The number of amides is 2. The van der Waals surface area contributed by atoms with E-state index in [1.54, 1.807) is 17.0 Å². The lowest BCUT2D eigenvalue weighted by Crippen LogP contribution is -2.49. The van der Waals surface area contributed by atoms with Gasteiger partial charge in [-0.1, -0.05) is 29.4 Å². The summed E-state index contributed by atoms with van der Waals surface area (Å²) in [4.78, 5) is 16.3. The third-order valence-electron chi connectivity index (χ3n) is 4.80. The van der Waals surface area contributed by atoms with Crippen molar-refractivity contribution in [3.63, 3.8) is 0 Å². The Morgan fingerprint density at radius 1 is 1.10 bits per heavy atom. The first-order valence-corrected chi connectivity index (χ1v) is 9.35. The molecular weight excluding hydrogens is 401 g/mol. The van der Waals surface area contributed by atoms with Crippen LogP contribution in [0, 0.1) is 0 Å². The lowest BCUT2D eigenvalue weighted by Gasteiger charge is -2.34. The fourth-order valence-corrected chi connectivity index (χ4v) is 3.36. The second kappa shape index (κ2) is 8.23. The molecule has 7 nitrogen and oxygen atoms in total. The number of ether oxygens (including phenoxy) is 1. The highest BCUT2D eigenvalue weighted by Crippen LogP contribution is 2.24. The number of carbonyl (C=O) groups excluding carboxylic acids is 1. The number of para-hydroxylation sites is 1. The molecule has 1 fully saturated rings. The Balaban J connectivity index is 1.31. The van der Waals surface area contributed by atoms with Crippen molar-refractivity contribution in [3.8, 4) is 5.75 Å². The topological polar surface area (TPSA) is 70.8 Å². The molecular formula is C20H19F3N4O3. The lowest BCUT2D eigenvalue weighted by molar-refractivity contribution is -0.274. The molecule has 2 amide bonds. The summed E-state index contributed by atoms with van der Waals surface area (Å²) in [5.74, 6) is 0.136. The van der Waals surface area contributed by atoms with E-state index in [1.807, 2.05) is 18.2 Å². The Morgan fingerprint density at radius 3 is 2.63 bits per heavy atom. The van der Waals surface area contributed by atoms with Crippen molar-refractivity contribution >= 4 is 22.8 Å². The van der Waals surface area contributed by atoms with E-state index in [9.17, 15) is 18.0 Å². The van der Waals surface area contributed by atoms with Gasteiger partial charge in [-0.2, -0.15) is 0 Å². The van der Waals surface area contributed by atoms with Crippen molar-refractivity contribution in [2.45, 2.75) is 12.9 Å². The highest BCUT2D eigenvalue weighted by atomic mass is 19.4. The number of piperazine rings is 1. The van der Waals surface area contributed by atoms with Gasteiger partial charge in [0.15, 0.2) is 11.4 Å². The molecule has 0 radical (unpaired) electrons. The Morgan fingerprint density at radius 2 is 1.87 bits per heavy atom. The minimum absolute atomic E-state index is 0.238. The molecule has 1 aliphatic heterocycles. The molecule has 1 aromatic heterocycles. The van der Waals surface area contributed by atoms with Crippen LogP contribution in [0.1, 0.15) is 5.56 Å². The van der Waals surface area contributed by atoms with Crippen LogP contribution in [0.3, 0.4) is 0 Å². The molecule has 0 aliphatic carbocycles. The van der Waals surface area contributed by atoms with Crippen molar-refractivity contribution in [3.05, 3.63) is 54.1 Å². The van der Waals surface area contributed by atoms with Crippen LogP contribution in [-0.2, 0) is 6.54 Å². The minimum atomic E-state index is -4.72. The second-order valence-electron chi connectivity index (χ2n) is 6.92. The molecule has 3 aromatic rings. The van der Waals surface area contributed by atoms with Crippen LogP contribution in [0.2, 0.25) is 0 Å². The zero-order valence-electron chi connectivity index (χ0n) is 15.9. The average Bonchev–Trinajstić information content (AvgIpc) is 3.10. The molecule has 158 valence electrons. The summed E-state index contributed by atoms with van der Waals surface area (Å²) < 4.78 is 46.3. The van der Waals surface area contributed by atoms with E-state index in [0.717, 1.165) is 5.39 Å². The van der Waals surface area contributed by atoms with Gasteiger partial charge in [0, 0.05) is 32.7 Å². The third kappa shape index (κ3) is 4.82. The second-order valence-corrected chi connectivity index (χ2v) is 6.92. The number of hydrogen-bond acceptors (Lipinski definition) is 5. The number of hydrogen-bond donors (Lipinski definition) is 1. The molecule has 10 heteroatoms. The van der Waals surface area contributed by atoms with Crippen LogP contribution < -0.4 is 10.1 Å². The molecule has 30 heavy (non-hydrogen) atoms. The third-order valence-corrected chi connectivity index (χ3v) is 4.80. The van der Waals surface area contributed by atoms with Gasteiger partial charge in [-0.15, -0.1) is 13.2 Å². The molecule has 0 bridgehead atoms. The normalized spacial score (nSPS) is 15.4. The van der Waals surface area contributed by atoms with Crippen molar-refractivity contribution in [2.24, 2.45) is 0 Å². The van der Waals surface area contributed by atoms with E-state index in [1.165, 1.54) is 18.2 Å². The molecule has 4 rings (SSSR count). The van der Waals surface area contributed by atoms with E-state index in [4.69, 9.17) is 4.52 Å². The van der Waals surface area contributed by atoms with Gasteiger partial charge >= 0.3 is 12.4 Å². The van der Waals surface area contributed by atoms with Crippen LogP contribution in [0.5, 0.6) is 5.75 Å². The van der Waals surface area contributed by atoms with E-state index < -0.39 is 6.36 Å². The summed E-state index contributed by atoms with van der Waals surface area (Å²) in [6, 6.07) is 12.9. The zero-order chi connectivity index (χ0) is 21.1. The number of halogens is 3. The van der Waals surface area contributed by atoms with Gasteiger partial charge in [0.2, 0.25) is 0 Å². The number of nitrogens with one attached hydrogen (secondary N) is 1. The number of anilines is 1. The first kappa shape index (κ1) is 20.0. The van der Waals surface area contributed by atoms with Crippen molar-refractivity contribution in [1.82, 2.24) is 15.0 Å². The van der Waals surface area contributed by atoms with Gasteiger partial charge in [-0.3, -0.25) is 10.2 Å². The first-order valence-electron chi connectivity index (χ1n) is 9.35. The summed E-state index contributed by atoms with van der Waals surface area (Å²) in [5, 5.41) is 7.39. The zero-order valence-corrected chi connectivity index (χ0v) is 15.9. The Hall–Kier alpha value is -3.27. The maximum absolute atomic E-state index is 12.5. The van der Waals surface area contributed by atoms with Crippen LogP contribution in [0.25, 0.3) is 11.0 Å². The molecule has 2 heterocycles. The minimum Gasteiger partial charge on any atom is -0.406 e. The molecule has 0 saturated carbocycles. The first-order chi connectivity index (χ1) is 14.4. The fourth-order valence-electron chi connectivity index (χ4n) is 3.36. The van der Waals surface area contributed by atoms with E-state index in [-0.39, 0.29) is 11.8 Å². The van der Waals surface area contributed by atoms with Crippen LogP contribution in [-0.4, -0.2) is 53.5 Å². The number of fused-ring (bicyclic) bond motifs is 1. The maximum Gasteiger partial charge on any atom is 0.573 e. The highest BCUT2D eigenvalue weighted by molar-refractivity contribution is 5.98. The van der Waals surface area contributed by atoms with Gasteiger partial charge in [-0.25, -0.2) is 4.79 Å². The lowest BCUT2D eigenvalue weighted by atomic mass is 10.2. The number of urea groups is 1. The van der Waals surface area contributed by atoms with E-state index in [2.05, 4.69) is 20.1 Å². The largest absolute Gasteiger partial charge is 0.573 e. The highest BCUT2D eigenvalue weighted by Gasteiger charge is 2.31. The summed E-state index contributed by atoms with van der Waals surface area (Å²) in [7, 11) is 0. The van der Waals surface area contributed by atoms with Crippen LogP contribution >= 0.6 is 0 Å². The summed E-state index contributed by atoms with van der Waals surface area (Å²) in [5.41, 5.74) is 1.30. The van der Waals surface area contributed by atoms with E-state index in [0.29, 0.717) is 49.7 Å². The van der Waals surface area contributed by atoms with E-state index >= 15 is 0 Å². The number of nitrogens with zero attached hydrogens (tertiary/aromatic N) is 3.